The van der Waals surface area contributed by atoms with E-state index in [1.165, 1.54) is 28.0 Å². The number of nitrogens with zero attached hydrogens (tertiary/aromatic N) is 3. The lowest BCUT2D eigenvalue weighted by Gasteiger charge is -2.42. The van der Waals surface area contributed by atoms with Gasteiger partial charge < -0.3 is 15.0 Å². The number of aromatic nitrogens is 1. The average molecular weight is 555 g/mol. The van der Waals surface area contributed by atoms with Gasteiger partial charge >= 0.3 is 6.09 Å². The van der Waals surface area contributed by atoms with E-state index in [0.29, 0.717) is 0 Å². The van der Waals surface area contributed by atoms with Crippen LogP contribution in [0.25, 0.3) is 0 Å². The van der Waals surface area contributed by atoms with Gasteiger partial charge in [0.1, 0.15) is 6.61 Å². The van der Waals surface area contributed by atoms with Crippen molar-refractivity contribution in [1.29, 1.82) is 0 Å². The van der Waals surface area contributed by atoms with Crippen LogP contribution < -0.4 is 5.32 Å². The first-order valence-electron chi connectivity index (χ1n) is 14.0. The number of carbonyl (C=O) groups excluding carboxylic acids is 1. The molecule has 0 saturated carbocycles. The van der Waals surface area contributed by atoms with Crippen LogP contribution >= 0.6 is 11.3 Å². The summed E-state index contributed by atoms with van der Waals surface area (Å²) in [6.07, 6.45) is 3.96. The maximum Gasteiger partial charge on any atom is 0.407 e. The summed E-state index contributed by atoms with van der Waals surface area (Å²) in [5.41, 5.74) is 5.33. The normalized spacial score (nSPS) is 15.1. The number of thiazole rings is 1. The zero-order valence-corrected chi connectivity index (χ0v) is 23.8. The largest absolute Gasteiger partial charge is 0.444 e. The van der Waals surface area contributed by atoms with Gasteiger partial charge in [-0.15, -0.1) is 11.3 Å². The molecule has 1 aliphatic heterocycles. The number of hydrogen-bond acceptors (Lipinski definition) is 6. The molecule has 40 heavy (non-hydrogen) atoms. The number of alkyl carbamates (subject to hydrolysis) is 1. The first-order valence-corrected chi connectivity index (χ1v) is 14.9. The predicted octanol–water partition coefficient (Wildman–Crippen LogP) is 6.15. The molecular formula is C33H38N4O2S. The van der Waals surface area contributed by atoms with E-state index in [9.17, 15) is 4.79 Å². The van der Waals surface area contributed by atoms with Crippen molar-refractivity contribution >= 4 is 17.4 Å². The number of rotatable bonds is 12. The Morgan fingerprint density at radius 3 is 2.00 bits per heavy atom. The second kappa shape index (κ2) is 14.2. The molecule has 1 aromatic heterocycles. The highest BCUT2D eigenvalue weighted by Crippen LogP contribution is 2.27. The van der Waals surface area contributed by atoms with Crippen molar-refractivity contribution in [3.05, 3.63) is 124 Å². The second-order valence-corrected chi connectivity index (χ2v) is 11.6. The van der Waals surface area contributed by atoms with E-state index in [0.717, 1.165) is 63.4 Å². The molecule has 1 amide bonds. The highest BCUT2D eigenvalue weighted by atomic mass is 32.1. The molecule has 2 heterocycles. The van der Waals surface area contributed by atoms with Gasteiger partial charge in [0.25, 0.3) is 0 Å². The fraction of sp³-hybridized carbons (Fsp3) is 0.333. The Balaban J connectivity index is 1.19. The number of nitrogens with one attached hydrogen (secondary N) is 1. The van der Waals surface area contributed by atoms with E-state index >= 15 is 0 Å². The van der Waals surface area contributed by atoms with Crippen LogP contribution in [-0.4, -0.2) is 52.6 Å². The third-order valence-corrected chi connectivity index (χ3v) is 8.38. The van der Waals surface area contributed by atoms with Gasteiger partial charge in [-0.05, 0) is 36.0 Å². The summed E-state index contributed by atoms with van der Waals surface area (Å²) in [4.78, 5) is 23.0. The van der Waals surface area contributed by atoms with Crippen molar-refractivity contribution < 1.29 is 9.53 Å². The van der Waals surface area contributed by atoms with Gasteiger partial charge in [0.05, 0.1) is 10.4 Å². The lowest BCUT2D eigenvalue weighted by Crippen LogP contribution is -2.57. The van der Waals surface area contributed by atoms with E-state index in [1.807, 2.05) is 6.07 Å². The number of carbonyl (C=O) groups is 1. The van der Waals surface area contributed by atoms with Gasteiger partial charge in [0, 0.05) is 51.0 Å². The van der Waals surface area contributed by atoms with Crippen LogP contribution in [0, 0.1) is 0 Å². The molecule has 0 spiro atoms. The fourth-order valence-corrected chi connectivity index (χ4v) is 5.93. The predicted molar refractivity (Wildman–Crippen MR) is 161 cm³/mol. The molecule has 0 atom stereocenters. The Morgan fingerprint density at radius 1 is 0.875 bits per heavy atom. The summed E-state index contributed by atoms with van der Waals surface area (Å²) in [6, 6.07) is 31.9. The zero-order valence-electron chi connectivity index (χ0n) is 23.0. The number of likely N-dealkylation sites (tertiary alicyclic amines) is 1. The van der Waals surface area contributed by atoms with Crippen molar-refractivity contribution in [2.24, 2.45) is 0 Å². The standard InChI is InChI=1S/C33H38N4O2S/c38-32(39-26-31-23-34-27-40-31)35-33(22-28-10-4-1-5-11-28)16-18-36(19-17-33)20-21-37(24-29-12-6-2-7-13-29)25-30-14-8-3-9-15-30/h1-15,23,27H,16-22,24-26H2,(H,35,38). The lowest BCUT2D eigenvalue weighted by molar-refractivity contribution is 0.0932. The van der Waals surface area contributed by atoms with E-state index < -0.39 is 0 Å². The van der Waals surface area contributed by atoms with E-state index in [2.05, 4.69) is 105 Å². The molecule has 0 unspecified atom stereocenters. The molecule has 1 fully saturated rings. The summed E-state index contributed by atoms with van der Waals surface area (Å²) >= 11 is 1.49. The molecule has 0 bridgehead atoms. The van der Waals surface area contributed by atoms with Crippen molar-refractivity contribution in [2.45, 2.75) is 44.5 Å². The van der Waals surface area contributed by atoms with Crippen molar-refractivity contribution in [2.75, 3.05) is 26.2 Å². The van der Waals surface area contributed by atoms with Gasteiger partial charge in [0.15, 0.2) is 0 Å². The van der Waals surface area contributed by atoms with Gasteiger partial charge in [-0.1, -0.05) is 91.0 Å². The third-order valence-electron chi connectivity index (χ3n) is 7.63. The molecular weight excluding hydrogens is 516 g/mol. The number of piperidine rings is 1. The van der Waals surface area contributed by atoms with Crippen LogP contribution in [0.3, 0.4) is 0 Å². The summed E-state index contributed by atoms with van der Waals surface area (Å²) in [6.45, 7) is 5.96. The molecule has 1 aliphatic rings. The zero-order chi connectivity index (χ0) is 27.5. The Bertz CT molecular complexity index is 1240. The van der Waals surface area contributed by atoms with E-state index in [4.69, 9.17) is 4.74 Å². The molecule has 5 rings (SSSR count). The van der Waals surface area contributed by atoms with Crippen molar-refractivity contribution in [3.63, 3.8) is 0 Å². The number of hydrogen-bond donors (Lipinski definition) is 1. The Labute approximate surface area is 241 Å². The van der Waals surface area contributed by atoms with Crippen molar-refractivity contribution in [3.8, 4) is 0 Å². The van der Waals surface area contributed by atoms with Crippen LogP contribution in [-0.2, 0) is 30.9 Å². The van der Waals surface area contributed by atoms with Crippen LogP contribution in [0.15, 0.2) is 103 Å². The molecule has 7 heteroatoms. The first-order chi connectivity index (χ1) is 19.7. The van der Waals surface area contributed by atoms with Crippen LogP contribution in [0.1, 0.15) is 34.4 Å². The fourth-order valence-electron chi connectivity index (χ4n) is 5.42. The minimum absolute atomic E-state index is 0.253. The summed E-state index contributed by atoms with van der Waals surface area (Å²) in [5.74, 6) is 0. The summed E-state index contributed by atoms with van der Waals surface area (Å²) in [7, 11) is 0. The second-order valence-electron chi connectivity index (χ2n) is 10.6. The highest BCUT2D eigenvalue weighted by molar-refractivity contribution is 7.09. The third kappa shape index (κ3) is 8.49. The van der Waals surface area contributed by atoms with E-state index in [1.54, 1.807) is 11.7 Å². The molecule has 208 valence electrons. The Kier molecular flexibility index (Phi) is 9.96. The van der Waals surface area contributed by atoms with Gasteiger partial charge in [-0.2, -0.15) is 0 Å². The minimum atomic E-state index is -0.352. The smallest absolute Gasteiger partial charge is 0.407 e. The van der Waals surface area contributed by atoms with Crippen LogP contribution in [0.2, 0.25) is 0 Å². The maximum absolute atomic E-state index is 12.9. The first kappa shape index (κ1) is 28.0. The monoisotopic (exact) mass is 554 g/mol. The summed E-state index contributed by atoms with van der Waals surface area (Å²) in [5, 5.41) is 3.28. The lowest BCUT2D eigenvalue weighted by atomic mass is 9.82. The highest BCUT2D eigenvalue weighted by Gasteiger charge is 2.36. The maximum atomic E-state index is 12.9. The van der Waals surface area contributed by atoms with E-state index in [-0.39, 0.29) is 18.2 Å². The van der Waals surface area contributed by atoms with Gasteiger partial charge in [-0.3, -0.25) is 9.88 Å². The van der Waals surface area contributed by atoms with Gasteiger partial charge in [0.2, 0.25) is 0 Å². The van der Waals surface area contributed by atoms with Crippen molar-refractivity contribution in [1.82, 2.24) is 20.1 Å². The molecule has 4 aromatic rings. The Morgan fingerprint density at radius 2 is 1.45 bits per heavy atom. The van der Waals surface area contributed by atoms with Crippen LogP contribution in [0.4, 0.5) is 4.79 Å². The molecule has 0 aliphatic carbocycles. The molecule has 0 radical (unpaired) electrons. The topological polar surface area (TPSA) is 57.7 Å². The van der Waals surface area contributed by atoms with Gasteiger partial charge in [-0.25, -0.2) is 4.79 Å². The van der Waals surface area contributed by atoms with Crippen LogP contribution in [0.5, 0.6) is 0 Å². The molecule has 1 N–H and O–H groups in total. The number of ether oxygens (including phenoxy) is 1. The quantitative estimate of drug-likeness (QED) is 0.228. The average Bonchev–Trinajstić information content (AvgIpc) is 3.51. The summed E-state index contributed by atoms with van der Waals surface area (Å²) < 4.78 is 5.57. The minimum Gasteiger partial charge on any atom is -0.444 e. The molecule has 6 nitrogen and oxygen atoms in total. The number of benzene rings is 3. The SMILES string of the molecule is O=C(NC1(Cc2ccccc2)CCN(CCN(Cc2ccccc2)Cc2ccccc2)CC1)OCc1cncs1. The molecule has 3 aromatic carbocycles. The molecule has 1 saturated heterocycles. The number of amides is 1. The Hall–Kier alpha value is -3.52.